The molecule has 4 amide bonds. The zero-order chi connectivity index (χ0) is 14.2. The number of unbranched alkanes of at least 4 members (excludes halogenated alkanes) is 3. The Bertz CT molecular complexity index is 314. The maximum atomic E-state index is 10.7. The maximum Gasteiger partial charge on any atom is 0.322 e. The Labute approximate surface area is 108 Å². The number of nitrogens with two attached hydrogens (primary N) is 1. The molecule has 0 saturated carbocycles. The SMILES string of the molecule is CC1(C)NC(=O)NC1=O.CCCCCCC(N)=O. The van der Waals surface area contributed by atoms with Crippen molar-refractivity contribution < 1.29 is 14.4 Å². The van der Waals surface area contributed by atoms with Crippen LogP contribution in [-0.4, -0.2) is 23.4 Å². The lowest BCUT2D eigenvalue weighted by Gasteiger charge is -2.11. The minimum atomic E-state index is -0.725. The molecule has 0 aromatic rings. The molecule has 0 radical (unpaired) electrons. The van der Waals surface area contributed by atoms with E-state index in [-0.39, 0.29) is 11.8 Å². The second-order valence-electron chi connectivity index (χ2n) is 4.81. The Kier molecular flexibility index (Phi) is 7.00. The summed E-state index contributed by atoms with van der Waals surface area (Å²) in [4.78, 5) is 31.3. The summed E-state index contributed by atoms with van der Waals surface area (Å²) in [5.74, 6) is -0.446. The molecule has 1 aliphatic heterocycles. The Morgan fingerprint density at radius 2 is 1.83 bits per heavy atom. The van der Waals surface area contributed by atoms with E-state index in [9.17, 15) is 14.4 Å². The van der Waals surface area contributed by atoms with Crippen LogP contribution >= 0.6 is 0 Å². The number of primary amides is 1. The first-order valence-electron chi connectivity index (χ1n) is 6.21. The number of hydrogen-bond acceptors (Lipinski definition) is 3. The second kappa shape index (κ2) is 7.68. The van der Waals surface area contributed by atoms with Gasteiger partial charge in [-0.25, -0.2) is 4.79 Å². The molecule has 1 heterocycles. The summed E-state index contributed by atoms with van der Waals surface area (Å²) in [6.07, 6.45) is 5.08. The quantitative estimate of drug-likeness (QED) is 0.506. The van der Waals surface area contributed by atoms with Crippen molar-refractivity contribution >= 4 is 17.8 Å². The molecule has 0 aromatic heterocycles. The molecular weight excluding hydrogens is 234 g/mol. The highest BCUT2D eigenvalue weighted by atomic mass is 16.2. The predicted octanol–water partition coefficient (Wildman–Crippen LogP) is 1.05. The largest absolute Gasteiger partial charge is 0.370 e. The number of carbonyl (C=O) groups excluding carboxylic acids is 3. The Morgan fingerprint density at radius 3 is 2.11 bits per heavy atom. The van der Waals surface area contributed by atoms with Crippen molar-refractivity contribution in [3.63, 3.8) is 0 Å². The lowest BCUT2D eigenvalue weighted by molar-refractivity contribution is -0.122. The lowest BCUT2D eigenvalue weighted by atomic mass is 10.1. The first-order chi connectivity index (χ1) is 8.29. The highest BCUT2D eigenvalue weighted by Crippen LogP contribution is 2.06. The molecule has 6 nitrogen and oxygen atoms in total. The van der Waals surface area contributed by atoms with Crippen molar-refractivity contribution in [2.45, 2.75) is 58.4 Å². The van der Waals surface area contributed by atoms with E-state index in [0.29, 0.717) is 6.42 Å². The highest BCUT2D eigenvalue weighted by Gasteiger charge is 2.36. The topological polar surface area (TPSA) is 101 Å². The molecule has 1 saturated heterocycles. The van der Waals surface area contributed by atoms with Gasteiger partial charge in [-0.1, -0.05) is 26.2 Å². The molecule has 0 atom stereocenters. The molecule has 6 heteroatoms. The number of nitrogens with one attached hydrogen (secondary N) is 2. The van der Waals surface area contributed by atoms with Crippen molar-refractivity contribution in [3.8, 4) is 0 Å². The van der Waals surface area contributed by atoms with Crippen molar-refractivity contribution in [1.82, 2.24) is 10.6 Å². The molecule has 0 spiro atoms. The molecule has 0 aromatic carbocycles. The minimum absolute atomic E-state index is 0.175. The molecule has 0 unspecified atom stereocenters. The minimum Gasteiger partial charge on any atom is -0.370 e. The van der Waals surface area contributed by atoms with Crippen molar-refractivity contribution in [2.24, 2.45) is 5.73 Å². The monoisotopic (exact) mass is 257 g/mol. The van der Waals surface area contributed by atoms with E-state index in [4.69, 9.17) is 5.73 Å². The molecular formula is C12H23N3O3. The first kappa shape index (κ1) is 16.4. The first-order valence-corrected chi connectivity index (χ1v) is 6.21. The molecule has 1 aliphatic rings. The van der Waals surface area contributed by atoms with Gasteiger partial charge in [0.15, 0.2) is 0 Å². The molecule has 0 aliphatic carbocycles. The van der Waals surface area contributed by atoms with E-state index >= 15 is 0 Å². The van der Waals surface area contributed by atoms with Crippen LogP contribution in [0.2, 0.25) is 0 Å². The van der Waals surface area contributed by atoms with E-state index in [1.54, 1.807) is 13.8 Å². The fourth-order valence-electron chi connectivity index (χ4n) is 1.36. The fraction of sp³-hybridized carbons (Fsp3) is 0.750. The number of hydrogen-bond donors (Lipinski definition) is 3. The van der Waals surface area contributed by atoms with Gasteiger partial charge in [0.05, 0.1) is 0 Å². The van der Waals surface area contributed by atoms with Gasteiger partial charge in [-0.3, -0.25) is 14.9 Å². The standard InChI is InChI=1S/C7H15NO.C5H8N2O2/c1-2-3-4-5-6-7(8)9;1-5(2)3(8)6-4(9)7-5/h2-6H2,1H3,(H2,8,9);1-2H3,(H2,6,7,8,9). The zero-order valence-electron chi connectivity index (χ0n) is 11.3. The average molecular weight is 257 g/mol. The molecule has 1 rings (SSSR count). The second-order valence-corrected chi connectivity index (χ2v) is 4.81. The Balaban J connectivity index is 0.000000321. The van der Waals surface area contributed by atoms with Crippen LogP contribution in [0.3, 0.4) is 0 Å². The molecule has 1 fully saturated rings. The Morgan fingerprint density at radius 1 is 1.22 bits per heavy atom. The predicted molar refractivity (Wildman–Crippen MR) is 68.7 cm³/mol. The summed E-state index contributed by atoms with van der Waals surface area (Å²) in [5.41, 5.74) is 4.21. The van der Waals surface area contributed by atoms with Gasteiger partial charge in [-0.05, 0) is 20.3 Å². The third-order valence-electron chi connectivity index (χ3n) is 2.50. The van der Waals surface area contributed by atoms with Crippen LogP contribution in [0.25, 0.3) is 0 Å². The van der Waals surface area contributed by atoms with Crippen LogP contribution in [0.4, 0.5) is 4.79 Å². The Hall–Kier alpha value is -1.59. The molecule has 0 bridgehead atoms. The van der Waals surface area contributed by atoms with Crippen LogP contribution < -0.4 is 16.4 Å². The number of imide groups is 1. The van der Waals surface area contributed by atoms with Crippen molar-refractivity contribution in [1.29, 1.82) is 0 Å². The van der Waals surface area contributed by atoms with E-state index in [1.807, 2.05) is 0 Å². The third-order valence-corrected chi connectivity index (χ3v) is 2.50. The maximum absolute atomic E-state index is 10.7. The van der Waals surface area contributed by atoms with Gasteiger partial charge in [-0.2, -0.15) is 0 Å². The van der Waals surface area contributed by atoms with Crippen LogP contribution in [-0.2, 0) is 9.59 Å². The lowest BCUT2D eigenvalue weighted by Crippen LogP contribution is -2.39. The zero-order valence-corrected chi connectivity index (χ0v) is 11.3. The molecule has 18 heavy (non-hydrogen) atoms. The van der Waals surface area contributed by atoms with Gasteiger partial charge < -0.3 is 11.1 Å². The third kappa shape index (κ3) is 6.88. The number of rotatable bonds is 5. The van der Waals surface area contributed by atoms with Crippen molar-refractivity contribution in [3.05, 3.63) is 0 Å². The van der Waals surface area contributed by atoms with E-state index < -0.39 is 11.6 Å². The number of urea groups is 1. The van der Waals surface area contributed by atoms with Crippen LogP contribution in [0.1, 0.15) is 52.9 Å². The van der Waals surface area contributed by atoms with E-state index in [1.165, 1.54) is 12.8 Å². The highest BCUT2D eigenvalue weighted by molar-refractivity contribution is 6.06. The van der Waals surface area contributed by atoms with Gasteiger partial charge in [-0.15, -0.1) is 0 Å². The normalized spacial score (nSPS) is 16.4. The van der Waals surface area contributed by atoms with E-state index in [0.717, 1.165) is 12.8 Å². The van der Waals surface area contributed by atoms with Gasteiger partial charge in [0.25, 0.3) is 5.91 Å². The van der Waals surface area contributed by atoms with Crippen LogP contribution in [0, 0.1) is 0 Å². The number of amides is 4. The summed E-state index contributed by atoms with van der Waals surface area (Å²) >= 11 is 0. The smallest absolute Gasteiger partial charge is 0.322 e. The summed E-state index contributed by atoms with van der Waals surface area (Å²) in [5, 5.41) is 4.56. The average Bonchev–Trinajstić information content (AvgIpc) is 2.46. The fourth-order valence-corrected chi connectivity index (χ4v) is 1.36. The molecule has 104 valence electrons. The van der Waals surface area contributed by atoms with Gasteiger partial charge in [0.2, 0.25) is 5.91 Å². The summed E-state index contributed by atoms with van der Waals surface area (Å²) < 4.78 is 0. The van der Waals surface area contributed by atoms with Gasteiger partial charge in [0.1, 0.15) is 5.54 Å². The summed E-state index contributed by atoms with van der Waals surface area (Å²) in [6, 6.07) is -0.412. The van der Waals surface area contributed by atoms with Gasteiger partial charge >= 0.3 is 6.03 Å². The van der Waals surface area contributed by atoms with Crippen molar-refractivity contribution in [2.75, 3.05) is 0 Å². The van der Waals surface area contributed by atoms with Crippen LogP contribution in [0.5, 0.6) is 0 Å². The summed E-state index contributed by atoms with van der Waals surface area (Å²) in [6.45, 7) is 5.44. The van der Waals surface area contributed by atoms with Gasteiger partial charge in [0, 0.05) is 6.42 Å². The summed E-state index contributed by atoms with van der Waals surface area (Å²) in [7, 11) is 0. The van der Waals surface area contributed by atoms with E-state index in [2.05, 4.69) is 17.6 Å². The molecule has 4 N–H and O–H groups in total. The number of carbonyl (C=O) groups is 3. The van der Waals surface area contributed by atoms with Crippen LogP contribution in [0.15, 0.2) is 0 Å².